The molecular weight excluding hydrogens is 323 g/mol. The first-order valence-electron chi connectivity index (χ1n) is 7.10. The van der Waals surface area contributed by atoms with Gasteiger partial charge in [0.1, 0.15) is 0 Å². The Kier molecular flexibility index (Phi) is 4.87. The van der Waals surface area contributed by atoms with E-state index in [1.54, 1.807) is 0 Å². The quantitative estimate of drug-likeness (QED) is 0.892. The molecule has 2 aromatic rings. The van der Waals surface area contributed by atoms with Crippen LogP contribution in [0.1, 0.15) is 22.0 Å². The van der Waals surface area contributed by atoms with Gasteiger partial charge in [0, 0.05) is 31.1 Å². The molecule has 1 aliphatic rings. The van der Waals surface area contributed by atoms with E-state index in [-0.39, 0.29) is 6.04 Å². The second-order valence-corrected chi connectivity index (χ2v) is 7.09. The summed E-state index contributed by atoms with van der Waals surface area (Å²) in [5.74, 6) is 0. The molecule has 1 unspecified atom stereocenters. The lowest BCUT2D eigenvalue weighted by molar-refractivity contribution is 0.200. The van der Waals surface area contributed by atoms with Crippen molar-refractivity contribution >= 4 is 34.5 Å². The molecule has 5 heteroatoms. The topological polar surface area (TPSA) is 15.3 Å². The predicted molar refractivity (Wildman–Crippen MR) is 91.8 cm³/mol. The maximum Gasteiger partial charge on any atom is 0.0700 e. The number of aryl methyl sites for hydroxylation is 1. The zero-order valence-electron chi connectivity index (χ0n) is 11.9. The van der Waals surface area contributed by atoms with E-state index in [2.05, 4.69) is 34.7 Å². The van der Waals surface area contributed by atoms with Gasteiger partial charge in [-0.2, -0.15) is 0 Å². The molecule has 0 bridgehead atoms. The van der Waals surface area contributed by atoms with Gasteiger partial charge in [0.15, 0.2) is 0 Å². The molecule has 1 aromatic carbocycles. The number of halogens is 2. The summed E-state index contributed by atoms with van der Waals surface area (Å²) in [5, 5.41) is 6.82. The first-order valence-corrected chi connectivity index (χ1v) is 8.74. The summed E-state index contributed by atoms with van der Waals surface area (Å²) in [6, 6.07) is 8.46. The Morgan fingerprint density at radius 3 is 2.52 bits per heavy atom. The lowest BCUT2D eigenvalue weighted by Crippen LogP contribution is -2.45. The van der Waals surface area contributed by atoms with Crippen molar-refractivity contribution in [1.29, 1.82) is 0 Å². The monoisotopic (exact) mass is 340 g/mol. The number of piperazine rings is 1. The maximum atomic E-state index is 6.24. The van der Waals surface area contributed by atoms with Crippen molar-refractivity contribution in [2.24, 2.45) is 0 Å². The van der Waals surface area contributed by atoms with Gasteiger partial charge in [-0.3, -0.25) is 4.90 Å². The highest BCUT2D eigenvalue weighted by Crippen LogP contribution is 2.36. The molecule has 3 rings (SSSR count). The molecule has 112 valence electrons. The van der Waals surface area contributed by atoms with Gasteiger partial charge >= 0.3 is 0 Å². The molecule has 2 heterocycles. The predicted octanol–water partition coefficient (Wildman–Crippen LogP) is 4.36. The number of nitrogens with one attached hydrogen (secondary N) is 1. The number of thiophene rings is 1. The third-order valence-corrected chi connectivity index (χ3v) is 5.74. The Morgan fingerprint density at radius 2 is 1.90 bits per heavy atom. The van der Waals surface area contributed by atoms with Crippen LogP contribution in [-0.2, 0) is 0 Å². The molecule has 0 aliphatic carbocycles. The lowest BCUT2D eigenvalue weighted by Gasteiger charge is -2.35. The highest BCUT2D eigenvalue weighted by Gasteiger charge is 2.26. The third-order valence-electron chi connectivity index (χ3n) is 3.93. The van der Waals surface area contributed by atoms with Crippen LogP contribution >= 0.6 is 34.5 Å². The van der Waals surface area contributed by atoms with Crippen LogP contribution in [0.2, 0.25) is 10.0 Å². The van der Waals surface area contributed by atoms with Gasteiger partial charge in [0.25, 0.3) is 0 Å². The molecule has 1 aromatic heterocycles. The Balaban J connectivity index is 2.02. The highest BCUT2D eigenvalue weighted by molar-refractivity contribution is 7.10. The zero-order valence-corrected chi connectivity index (χ0v) is 14.2. The number of benzene rings is 1. The summed E-state index contributed by atoms with van der Waals surface area (Å²) in [6.45, 7) is 6.33. The number of nitrogens with zero attached hydrogens (tertiary/aromatic N) is 1. The van der Waals surface area contributed by atoms with Crippen LogP contribution in [0.15, 0.2) is 29.6 Å². The Morgan fingerprint density at radius 1 is 1.14 bits per heavy atom. The molecule has 1 atom stereocenters. The van der Waals surface area contributed by atoms with Gasteiger partial charge in [-0.15, -0.1) is 11.3 Å². The van der Waals surface area contributed by atoms with Crippen molar-refractivity contribution in [2.75, 3.05) is 26.2 Å². The van der Waals surface area contributed by atoms with E-state index in [0.29, 0.717) is 10.0 Å². The first kappa shape index (κ1) is 15.3. The summed E-state index contributed by atoms with van der Waals surface area (Å²) in [6.07, 6.45) is 0. The largest absolute Gasteiger partial charge is 0.314 e. The molecular formula is C16H18Cl2N2S. The third kappa shape index (κ3) is 3.27. The van der Waals surface area contributed by atoms with E-state index in [0.717, 1.165) is 26.2 Å². The van der Waals surface area contributed by atoms with Crippen LogP contribution in [0.5, 0.6) is 0 Å². The van der Waals surface area contributed by atoms with E-state index in [1.807, 2.05) is 23.5 Å². The number of hydrogen-bond donors (Lipinski definition) is 1. The zero-order chi connectivity index (χ0) is 14.8. The van der Waals surface area contributed by atoms with Gasteiger partial charge in [-0.05, 0) is 41.6 Å². The Bertz CT molecular complexity index is 620. The fourth-order valence-electron chi connectivity index (χ4n) is 2.82. The molecule has 1 saturated heterocycles. The average molecular weight is 341 g/mol. The summed E-state index contributed by atoms with van der Waals surface area (Å²) < 4.78 is 0. The number of hydrogen-bond acceptors (Lipinski definition) is 3. The minimum Gasteiger partial charge on any atom is -0.314 e. The smallest absolute Gasteiger partial charge is 0.0700 e. The van der Waals surface area contributed by atoms with Crippen LogP contribution in [0, 0.1) is 6.92 Å². The first-order chi connectivity index (χ1) is 10.2. The molecule has 0 radical (unpaired) electrons. The van der Waals surface area contributed by atoms with Crippen molar-refractivity contribution in [1.82, 2.24) is 10.2 Å². The Hall–Kier alpha value is -0.580. The van der Waals surface area contributed by atoms with Crippen LogP contribution in [0.25, 0.3) is 0 Å². The van der Waals surface area contributed by atoms with Crippen molar-refractivity contribution in [3.8, 4) is 0 Å². The molecule has 1 fully saturated rings. The van der Waals surface area contributed by atoms with Crippen molar-refractivity contribution in [3.05, 3.63) is 55.7 Å². The number of rotatable bonds is 3. The molecule has 1 aliphatic heterocycles. The van der Waals surface area contributed by atoms with Gasteiger partial charge in [-0.25, -0.2) is 0 Å². The second kappa shape index (κ2) is 6.67. The maximum absolute atomic E-state index is 6.24. The van der Waals surface area contributed by atoms with E-state index < -0.39 is 0 Å². The van der Waals surface area contributed by atoms with E-state index >= 15 is 0 Å². The van der Waals surface area contributed by atoms with Gasteiger partial charge < -0.3 is 5.32 Å². The fourth-order valence-corrected chi connectivity index (χ4v) is 4.21. The van der Waals surface area contributed by atoms with Gasteiger partial charge in [0.2, 0.25) is 0 Å². The Labute approximate surface area is 139 Å². The van der Waals surface area contributed by atoms with Crippen molar-refractivity contribution < 1.29 is 0 Å². The molecule has 21 heavy (non-hydrogen) atoms. The SMILES string of the molecule is Cc1ccsc1C(c1ccc(Cl)c(Cl)c1)N1CCNCC1. The normalized spacial score (nSPS) is 17.9. The molecule has 0 saturated carbocycles. The minimum atomic E-state index is 0.266. The standard InChI is InChI=1S/C16H18Cl2N2S/c1-11-4-9-21-16(11)15(20-7-5-19-6-8-20)12-2-3-13(17)14(18)10-12/h2-4,9-10,15,19H,5-8H2,1H3. The van der Waals surface area contributed by atoms with Crippen molar-refractivity contribution in [3.63, 3.8) is 0 Å². The highest BCUT2D eigenvalue weighted by atomic mass is 35.5. The van der Waals surface area contributed by atoms with Crippen LogP contribution < -0.4 is 5.32 Å². The van der Waals surface area contributed by atoms with E-state index in [1.165, 1.54) is 16.0 Å². The van der Waals surface area contributed by atoms with E-state index in [4.69, 9.17) is 23.2 Å². The van der Waals surface area contributed by atoms with E-state index in [9.17, 15) is 0 Å². The molecule has 0 spiro atoms. The average Bonchev–Trinajstić information content (AvgIpc) is 2.90. The van der Waals surface area contributed by atoms with Gasteiger partial charge in [0.05, 0.1) is 16.1 Å². The summed E-state index contributed by atoms with van der Waals surface area (Å²) in [5.41, 5.74) is 2.56. The summed E-state index contributed by atoms with van der Waals surface area (Å²) >= 11 is 14.1. The van der Waals surface area contributed by atoms with Crippen molar-refractivity contribution in [2.45, 2.75) is 13.0 Å². The van der Waals surface area contributed by atoms with Crippen LogP contribution in [0.4, 0.5) is 0 Å². The van der Waals surface area contributed by atoms with Crippen LogP contribution in [0.3, 0.4) is 0 Å². The summed E-state index contributed by atoms with van der Waals surface area (Å²) in [7, 11) is 0. The minimum absolute atomic E-state index is 0.266. The summed E-state index contributed by atoms with van der Waals surface area (Å²) in [4.78, 5) is 3.92. The van der Waals surface area contributed by atoms with Crippen LogP contribution in [-0.4, -0.2) is 31.1 Å². The lowest BCUT2D eigenvalue weighted by atomic mass is 10.0. The molecule has 0 amide bonds. The van der Waals surface area contributed by atoms with Gasteiger partial charge in [-0.1, -0.05) is 29.3 Å². The molecule has 1 N–H and O–H groups in total. The fraction of sp³-hybridized carbons (Fsp3) is 0.375. The molecule has 2 nitrogen and oxygen atoms in total. The second-order valence-electron chi connectivity index (χ2n) is 5.33.